The fraction of sp³-hybridized carbons (Fsp3) is 0.130. The van der Waals surface area contributed by atoms with Crippen LogP contribution in [-0.4, -0.2) is 26.3 Å². The third-order valence-electron chi connectivity index (χ3n) is 4.20. The Kier molecular flexibility index (Phi) is 7.29. The van der Waals surface area contributed by atoms with Crippen LogP contribution in [0.5, 0.6) is 17.2 Å². The van der Waals surface area contributed by atoms with Crippen LogP contribution in [0.1, 0.15) is 21.5 Å². The van der Waals surface area contributed by atoms with Gasteiger partial charge in [-0.05, 0) is 53.6 Å². The lowest BCUT2D eigenvalue weighted by Gasteiger charge is -2.11. The van der Waals surface area contributed by atoms with Crippen molar-refractivity contribution in [3.63, 3.8) is 0 Å². The SMILES string of the molecule is COc1cc(/C=N/NC(=O)c2ccccc2OC)ccc1OCc1cccc(Cl)c1. The molecule has 0 aliphatic heterocycles. The van der Waals surface area contributed by atoms with Gasteiger partial charge in [0.25, 0.3) is 5.91 Å². The number of nitrogens with one attached hydrogen (secondary N) is 1. The molecule has 3 aromatic carbocycles. The van der Waals surface area contributed by atoms with Crippen molar-refractivity contribution in [3.05, 3.63) is 88.4 Å². The summed E-state index contributed by atoms with van der Waals surface area (Å²) in [7, 11) is 3.07. The number of rotatable bonds is 8. The van der Waals surface area contributed by atoms with E-state index in [4.69, 9.17) is 25.8 Å². The van der Waals surface area contributed by atoms with Gasteiger partial charge in [-0.3, -0.25) is 4.79 Å². The summed E-state index contributed by atoms with van der Waals surface area (Å²) in [6.07, 6.45) is 1.52. The summed E-state index contributed by atoms with van der Waals surface area (Å²) < 4.78 is 16.4. The lowest BCUT2D eigenvalue weighted by molar-refractivity contribution is 0.0952. The maximum absolute atomic E-state index is 12.3. The molecule has 0 unspecified atom stereocenters. The van der Waals surface area contributed by atoms with E-state index in [1.807, 2.05) is 30.3 Å². The molecule has 1 N–H and O–H groups in total. The van der Waals surface area contributed by atoms with Gasteiger partial charge in [0.15, 0.2) is 11.5 Å². The number of methoxy groups -OCH3 is 2. The molecule has 0 aliphatic carbocycles. The highest BCUT2D eigenvalue weighted by molar-refractivity contribution is 6.30. The van der Waals surface area contributed by atoms with Crippen LogP contribution in [0.4, 0.5) is 0 Å². The zero-order valence-corrected chi connectivity index (χ0v) is 17.3. The smallest absolute Gasteiger partial charge is 0.275 e. The number of halogens is 1. The quantitative estimate of drug-likeness (QED) is 0.420. The summed E-state index contributed by atoms with van der Waals surface area (Å²) in [4.78, 5) is 12.3. The molecule has 154 valence electrons. The zero-order chi connectivity index (χ0) is 21.3. The number of carbonyl (C=O) groups is 1. The zero-order valence-electron chi connectivity index (χ0n) is 16.6. The maximum atomic E-state index is 12.3. The lowest BCUT2D eigenvalue weighted by Crippen LogP contribution is -2.18. The Balaban J connectivity index is 1.64. The van der Waals surface area contributed by atoms with Gasteiger partial charge in [0.05, 0.1) is 26.0 Å². The second-order valence-corrected chi connectivity index (χ2v) is 6.66. The highest BCUT2D eigenvalue weighted by atomic mass is 35.5. The number of hydrogen-bond acceptors (Lipinski definition) is 5. The molecule has 0 bridgehead atoms. The molecule has 0 aromatic heterocycles. The summed E-state index contributed by atoms with van der Waals surface area (Å²) in [5.41, 5.74) is 4.59. The summed E-state index contributed by atoms with van der Waals surface area (Å²) in [5.74, 6) is 1.26. The maximum Gasteiger partial charge on any atom is 0.275 e. The summed E-state index contributed by atoms with van der Waals surface area (Å²) in [6, 6.07) is 19.8. The average molecular weight is 425 g/mol. The van der Waals surface area contributed by atoms with E-state index in [1.54, 1.807) is 43.5 Å². The molecule has 1 amide bonds. The van der Waals surface area contributed by atoms with Crippen LogP contribution in [0.25, 0.3) is 0 Å². The molecule has 3 aromatic rings. The van der Waals surface area contributed by atoms with E-state index in [2.05, 4.69) is 10.5 Å². The first-order chi connectivity index (χ1) is 14.6. The van der Waals surface area contributed by atoms with Crippen molar-refractivity contribution >= 4 is 23.7 Å². The van der Waals surface area contributed by atoms with Gasteiger partial charge in [-0.2, -0.15) is 5.10 Å². The fourth-order valence-corrected chi connectivity index (χ4v) is 2.94. The second kappa shape index (κ2) is 10.3. The molecule has 0 radical (unpaired) electrons. The Labute approximate surface area is 180 Å². The predicted molar refractivity (Wildman–Crippen MR) is 117 cm³/mol. The van der Waals surface area contributed by atoms with E-state index in [9.17, 15) is 4.79 Å². The molecule has 0 aliphatic rings. The first-order valence-corrected chi connectivity index (χ1v) is 9.50. The monoisotopic (exact) mass is 424 g/mol. The molecule has 0 heterocycles. The number of hydrogen-bond donors (Lipinski definition) is 1. The molecule has 0 atom stereocenters. The van der Waals surface area contributed by atoms with E-state index in [1.165, 1.54) is 13.3 Å². The summed E-state index contributed by atoms with van der Waals surface area (Å²) in [6.45, 7) is 0.360. The van der Waals surface area contributed by atoms with Crippen LogP contribution in [0, 0.1) is 0 Å². The molecular weight excluding hydrogens is 404 g/mol. The van der Waals surface area contributed by atoms with E-state index in [0.29, 0.717) is 34.4 Å². The van der Waals surface area contributed by atoms with Gasteiger partial charge in [0.2, 0.25) is 0 Å². The molecule has 3 rings (SSSR count). The van der Waals surface area contributed by atoms with E-state index >= 15 is 0 Å². The first kappa shape index (κ1) is 21.2. The van der Waals surface area contributed by atoms with Crippen molar-refractivity contribution in [2.75, 3.05) is 14.2 Å². The minimum atomic E-state index is -0.364. The Morgan fingerprint density at radius 1 is 0.967 bits per heavy atom. The van der Waals surface area contributed by atoms with Gasteiger partial charge in [0, 0.05) is 5.02 Å². The minimum absolute atomic E-state index is 0.360. The molecule has 7 heteroatoms. The minimum Gasteiger partial charge on any atom is -0.496 e. The third kappa shape index (κ3) is 5.52. The number of ether oxygens (including phenoxy) is 3. The molecule has 0 fully saturated rings. The van der Waals surface area contributed by atoms with Crippen LogP contribution >= 0.6 is 11.6 Å². The number of carbonyl (C=O) groups excluding carboxylic acids is 1. The highest BCUT2D eigenvalue weighted by Crippen LogP contribution is 2.28. The predicted octanol–water partition coefficient (Wildman–Crippen LogP) is 4.70. The summed E-state index contributed by atoms with van der Waals surface area (Å²) in [5, 5.41) is 4.67. The van der Waals surface area contributed by atoms with Gasteiger partial charge < -0.3 is 14.2 Å². The highest BCUT2D eigenvalue weighted by Gasteiger charge is 2.10. The van der Waals surface area contributed by atoms with Crippen LogP contribution in [0.3, 0.4) is 0 Å². The van der Waals surface area contributed by atoms with E-state index in [-0.39, 0.29) is 5.91 Å². The largest absolute Gasteiger partial charge is 0.496 e. The van der Waals surface area contributed by atoms with Crippen molar-refractivity contribution < 1.29 is 19.0 Å². The molecule has 30 heavy (non-hydrogen) atoms. The van der Waals surface area contributed by atoms with Crippen LogP contribution in [0.2, 0.25) is 5.02 Å². The third-order valence-corrected chi connectivity index (χ3v) is 4.44. The Morgan fingerprint density at radius 2 is 1.77 bits per heavy atom. The normalized spacial score (nSPS) is 10.6. The molecular formula is C23H21ClN2O4. The molecule has 0 saturated heterocycles. The number of para-hydroxylation sites is 1. The van der Waals surface area contributed by atoms with Crippen LogP contribution in [0.15, 0.2) is 71.8 Å². The van der Waals surface area contributed by atoms with Crippen LogP contribution in [-0.2, 0) is 6.61 Å². The topological polar surface area (TPSA) is 69.2 Å². The lowest BCUT2D eigenvalue weighted by atomic mass is 10.2. The standard InChI is InChI=1S/C23H21ClN2O4/c1-28-20-9-4-3-8-19(20)23(27)26-25-14-16-10-11-21(22(13-16)29-2)30-15-17-6-5-7-18(24)12-17/h3-14H,15H2,1-2H3,(H,26,27)/b25-14+. The number of benzene rings is 3. The van der Waals surface area contributed by atoms with Crippen molar-refractivity contribution in [2.45, 2.75) is 6.61 Å². The van der Waals surface area contributed by atoms with E-state index in [0.717, 1.165) is 11.1 Å². The number of nitrogens with zero attached hydrogens (tertiary/aromatic N) is 1. The van der Waals surface area contributed by atoms with E-state index < -0.39 is 0 Å². The summed E-state index contributed by atoms with van der Waals surface area (Å²) >= 11 is 6.00. The van der Waals surface area contributed by atoms with Gasteiger partial charge >= 0.3 is 0 Å². The Hall–Kier alpha value is -3.51. The van der Waals surface area contributed by atoms with Crippen molar-refractivity contribution in [1.82, 2.24) is 5.43 Å². The van der Waals surface area contributed by atoms with Gasteiger partial charge in [0.1, 0.15) is 12.4 Å². The van der Waals surface area contributed by atoms with Crippen LogP contribution < -0.4 is 19.6 Å². The number of hydrazone groups is 1. The van der Waals surface area contributed by atoms with Crippen molar-refractivity contribution in [2.24, 2.45) is 5.10 Å². The fourth-order valence-electron chi connectivity index (χ4n) is 2.73. The Bertz CT molecular complexity index is 1050. The first-order valence-electron chi connectivity index (χ1n) is 9.12. The average Bonchev–Trinajstić information content (AvgIpc) is 2.78. The number of amides is 1. The van der Waals surface area contributed by atoms with Gasteiger partial charge in [-0.15, -0.1) is 0 Å². The Morgan fingerprint density at radius 3 is 2.53 bits per heavy atom. The van der Waals surface area contributed by atoms with Crippen molar-refractivity contribution in [3.8, 4) is 17.2 Å². The molecule has 0 saturated carbocycles. The van der Waals surface area contributed by atoms with Gasteiger partial charge in [-0.25, -0.2) is 5.43 Å². The van der Waals surface area contributed by atoms with Gasteiger partial charge in [-0.1, -0.05) is 35.9 Å². The molecule has 0 spiro atoms. The van der Waals surface area contributed by atoms with Crippen molar-refractivity contribution in [1.29, 1.82) is 0 Å². The molecule has 6 nitrogen and oxygen atoms in total. The second-order valence-electron chi connectivity index (χ2n) is 6.23.